The van der Waals surface area contributed by atoms with E-state index in [0.717, 1.165) is 43.4 Å². The van der Waals surface area contributed by atoms with Crippen LogP contribution >= 0.6 is 35.0 Å². The van der Waals surface area contributed by atoms with Crippen molar-refractivity contribution in [3.63, 3.8) is 0 Å². The second-order valence-electron chi connectivity index (χ2n) is 15.1. The van der Waals surface area contributed by atoms with Crippen LogP contribution in [0.5, 0.6) is 11.5 Å². The number of hydrogen-bond donors (Lipinski definition) is 0. The summed E-state index contributed by atoms with van der Waals surface area (Å²) in [5, 5.41) is 0.252. The molecule has 0 bridgehead atoms. The Hall–Kier alpha value is -2.73. The maximum Gasteiger partial charge on any atom is 0.319 e. The van der Waals surface area contributed by atoms with Crippen LogP contribution in [0.25, 0.3) is 0 Å². The van der Waals surface area contributed by atoms with Crippen LogP contribution in [-0.4, -0.2) is 78.9 Å². The normalized spacial score (nSPS) is 28.9. The molecule has 4 unspecified atom stereocenters. The van der Waals surface area contributed by atoms with Gasteiger partial charge in [-0.1, -0.05) is 44.0 Å². The molecule has 2 saturated heterocycles. The van der Waals surface area contributed by atoms with Gasteiger partial charge >= 0.3 is 11.9 Å². The summed E-state index contributed by atoms with van der Waals surface area (Å²) in [5.74, 6) is -0.517. The van der Waals surface area contributed by atoms with E-state index >= 15 is 0 Å². The van der Waals surface area contributed by atoms with Gasteiger partial charge in [0.1, 0.15) is 23.7 Å². The lowest BCUT2D eigenvalue weighted by Gasteiger charge is -2.34. The van der Waals surface area contributed by atoms with Crippen molar-refractivity contribution in [1.29, 1.82) is 0 Å². The van der Waals surface area contributed by atoms with Crippen LogP contribution in [-0.2, 0) is 35.1 Å². The van der Waals surface area contributed by atoms with Crippen LogP contribution < -0.4 is 14.4 Å². The van der Waals surface area contributed by atoms with E-state index in [4.69, 9.17) is 46.9 Å². The first-order chi connectivity index (χ1) is 25.3. The van der Waals surface area contributed by atoms with E-state index < -0.39 is 34.8 Å². The maximum absolute atomic E-state index is 14.1. The summed E-state index contributed by atoms with van der Waals surface area (Å²) in [7, 11) is 3.30. The Morgan fingerprint density at radius 3 is 2.36 bits per heavy atom. The molecule has 1 aromatic carbocycles. The number of thioether (sulfide) groups is 1. The zero-order valence-corrected chi connectivity index (χ0v) is 34.1. The molecule has 10 nitrogen and oxygen atoms in total. The molecule has 5 rings (SSSR count). The number of carbonyl (C=O) groups excluding carboxylic acids is 3. The molecule has 0 spiro atoms. The number of rotatable bonds is 11. The summed E-state index contributed by atoms with van der Waals surface area (Å²) in [6, 6.07) is 5.85. The number of anilines is 1. The summed E-state index contributed by atoms with van der Waals surface area (Å²) < 4.78 is 29.6. The lowest BCUT2D eigenvalue weighted by molar-refractivity contribution is -0.157. The summed E-state index contributed by atoms with van der Waals surface area (Å²) in [6.07, 6.45) is 9.47. The van der Waals surface area contributed by atoms with Crippen molar-refractivity contribution in [2.24, 2.45) is 23.7 Å². The van der Waals surface area contributed by atoms with E-state index in [0.29, 0.717) is 59.6 Å². The van der Waals surface area contributed by atoms with Gasteiger partial charge < -0.3 is 28.6 Å². The molecule has 292 valence electrons. The second-order valence-corrected chi connectivity index (χ2v) is 17.1. The van der Waals surface area contributed by atoms with Gasteiger partial charge in [-0.3, -0.25) is 19.4 Å². The Morgan fingerprint density at radius 2 is 1.68 bits per heavy atom. The van der Waals surface area contributed by atoms with Crippen molar-refractivity contribution in [1.82, 2.24) is 4.98 Å². The lowest BCUT2D eigenvalue weighted by Crippen LogP contribution is -2.41. The monoisotopic (exact) mass is 792 g/mol. The second kappa shape index (κ2) is 18.7. The van der Waals surface area contributed by atoms with Crippen LogP contribution in [0, 0.1) is 23.7 Å². The lowest BCUT2D eigenvalue weighted by atomic mass is 9.77. The Bertz CT molecular complexity index is 1570. The highest BCUT2D eigenvalue weighted by Gasteiger charge is 2.50. The first-order valence-corrected chi connectivity index (χ1v) is 20.6. The van der Waals surface area contributed by atoms with Gasteiger partial charge in [-0.05, 0) is 70.4 Å². The fourth-order valence-corrected chi connectivity index (χ4v) is 9.83. The zero-order chi connectivity index (χ0) is 38.3. The molecule has 7 atom stereocenters. The number of nitrogens with zero attached hydrogens (tertiary/aromatic N) is 2. The molecule has 13 heteroatoms. The number of methoxy groups -OCH3 is 2. The van der Waals surface area contributed by atoms with Crippen LogP contribution in [0.15, 0.2) is 30.6 Å². The number of pyridine rings is 1. The highest BCUT2D eigenvalue weighted by Crippen LogP contribution is 2.41. The van der Waals surface area contributed by atoms with Crippen LogP contribution in [0.3, 0.4) is 0 Å². The third-order valence-electron chi connectivity index (χ3n) is 11.2. The number of esters is 2. The van der Waals surface area contributed by atoms with Crippen molar-refractivity contribution in [3.8, 4) is 11.5 Å². The average molecular weight is 794 g/mol. The van der Waals surface area contributed by atoms with Gasteiger partial charge in [0.2, 0.25) is 0 Å². The summed E-state index contributed by atoms with van der Waals surface area (Å²) in [4.78, 5) is 46.9. The predicted octanol–water partition coefficient (Wildman–Crippen LogP) is 8.37. The van der Waals surface area contributed by atoms with Gasteiger partial charge in [-0.15, -0.1) is 11.8 Å². The Kier molecular flexibility index (Phi) is 14.6. The number of benzene rings is 1. The molecule has 2 aliphatic heterocycles. The van der Waals surface area contributed by atoms with E-state index in [1.54, 1.807) is 26.6 Å². The van der Waals surface area contributed by atoms with E-state index in [-0.39, 0.29) is 36.3 Å². The highest BCUT2D eigenvalue weighted by atomic mass is 35.5. The third kappa shape index (κ3) is 10.3. The number of Topliss-reactive ketones (excluding diaryl/α,β-unsaturated/α-hetero) is 1. The fourth-order valence-electron chi connectivity index (χ4n) is 7.95. The number of ether oxygens (including phenoxy) is 5. The van der Waals surface area contributed by atoms with Crippen molar-refractivity contribution in [3.05, 3.63) is 46.2 Å². The molecule has 53 heavy (non-hydrogen) atoms. The van der Waals surface area contributed by atoms with Gasteiger partial charge in [-0.25, -0.2) is 0 Å². The Morgan fingerprint density at radius 1 is 0.962 bits per heavy atom. The minimum atomic E-state index is -0.735. The topological polar surface area (TPSA) is 113 Å². The molecule has 0 radical (unpaired) electrons. The Balaban J connectivity index is 1.39. The van der Waals surface area contributed by atoms with Crippen molar-refractivity contribution < 1.29 is 38.1 Å². The maximum atomic E-state index is 14.1. The van der Waals surface area contributed by atoms with Crippen LogP contribution in [0.2, 0.25) is 10.0 Å². The highest BCUT2D eigenvalue weighted by molar-refractivity contribution is 8.00. The number of hydrogen-bond acceptors (Lipinski definition) is 11. The van der Waals surface area contributed by atoms with Crippen molar-refractivity contribution >= 4 is 58.4 Å². The molecule has 3 aliphatic rings. The quantitative estimate of drug-likeness (QED) is 0.205. The summed E-state index contributed by atoms with van der Waals surface area (Å²) in [5.41, 5.74) is 1.07. The molecular weight excluding hydrogens is 739 g/mol. The molecule has 3 heterocycles. The van der Waals surface area contributed by atoms with Crippen molar-refractivity contribution in [2.45, 2.75) is 109 Å². The number of fused-ring (bicyclic) bond motifs is 1. The van der Waals surface area contributed by atoms with Gasteiger partial charge in [0.05, 0.1) is 34.8 Å². The van der Waals surface area contributed by atoms with Crippen LogP contribution in [0.1, 0.15) is 84.6 Å². The van der Waals surface area contributed by atoms with Gasteiger partial charge in [0.15, 0.2) is 11.5 Å². The number of ketones is 1. The molecule has 1 aliphatic carbocycles. The summed E-state index contributed by atoms with van der Waals surface area (Å²) >= 11 is 14.7. The smallest absolute Gasteiger partial charge is 0.319 e. The number of cyclic esters (lactones) is 1. The largest absolute Gasteiger partial charge is 0.493 e. The standard InChI is InChI=1S/C40H54Cl2N2O8S/c1-24-10-9-15-40(4,49-6)19-25(2)36(45)26(3)35-34(23-50-38(24)46)52-39(47)37(35)53-17-16-44(22-29-30(41)20-43-21-31(29)42)27-13-14-32(48-5)33(18-27)51-28-11-7-8-12-28/h13-14,18,20-21,24-26,28,34-35,37H,7-12,15-17,19,22-23H2,1-6H3/t24?,25-,26?,34+,35?,37+,40?/m1/s1. The van der Waals surface area contributed by atoms with Gasteiger partial charge in [0.25, 0.3) is 0 Å². The minimum Gasteiger partial charge on any atom is -0.493 e. The average Bonchev–Trinajstić information content (AvgIpc) is 3.77. The molecule has 0 amide bonds. The van der Waals surface area contributed by atoms with Crippen molar-refractivity contribution in [2.75, 3.05) is 38.0 Å². The third-order valence-corrected chi connectivity index (χ3v) is 13.2. The van der Waals surface area contributed by atoms with Gasteiger partial charge in [0, 0.05) is 73.4 Å². The van der Waals surface area contributed by atoms with Crippen LogP contribution in [0.4, 0.5) is 5.69 Å². The zero-order valence-electron chi connectivity index (χ0n) is 31.7. The summed E-state index contributed by atoms with van der Waals surface area (Å²) in [6.45, 7) is 8.46. The van der Waals surface area contributed by atoms with E-state index in [9.17, 15) is 14.4 Å². The number of aromatic nitrogens is 1. The molecular formula is C40H54Cl2N2O8S. The van der Waals surface area contributed by atoms with E-state index in [2.05, 4.69) is 9.88 Å². The first kappa shape index (κ1) is 41.4. The Labute approximate surface area is 328 Å². The predicted molar refractivity (Wildman–Crippen MR) is 208 cm³/mol. The van der Waals surface area contributed by atoms with Gasteiger partial charge in [-0.2, -0.15) is 0 Å². The molecule has 1 saturated carbocycles. The van der Waals surface area contributed by atoms with E-state index in [1.807, 2.05) is 45.9 Å². The number of carbonyl (C=O) groups is 3. The molecule has 1 aromatic heterocycles. The first-order valence-electron chi connectivity index (χ1n) is 18.8. The fraction of sp³-hybridized carbons (Fsp3) is 0.650. The molecule has 3 fully saturated rings. The SMILES string of the molecule is COc1ccc(N(CCS[C@@H]2C(=O)O[C@H]3COC(=O)C(C)CCCC(C)(OC)C[C@@H](C)C(=O)C(C)C32)Cc2c(Cl)cncc2Cl)cc1OC1CCCC1. The minimum absolute atomic E-state index is 0.0422. The van der Waals surface area contributed by atoms with E-state index in [1.165, 1.54) is 11.8 Å². The molecule has 0 N–H and O–H groups in total. The molecule has 2 aromatic rings. The number of halogens is 2.